The van der Waals surface area contributed by atoms with Crippen molar-refractivity contribution >= 4 is 34.2 Å². The number of hydrogen-bond donors (Lipinski definition) is 6. The number of ether oxygens (including phenoxy) is 1. The fraction of sp³-hybridized carbons (Fsp3) is 0.367. The lowest BCUT2D eigenvalue weighted by Crippen LogP contribution is -2.65. The molecule has 0 saturated carbocycles. The summed E-state index contributed by atoms with van der Waals surface area (Å²) >= 11 is 0. The molecule has 1 fully saturated rings. The number of rotatable bonds is 13. The third-order valence-corrected chi connectivity index (χ3v) is 7.88. The predicted octanol–water partition coefficient (Wildman–Crippen LogP) is 0.0972. The van der Waals surface area contributed by atoms with Crippen LogP contribution in [0.2, 0.25) is 0 Å². The van der Waals surface area contributed by atoms with Crippen molar-refractivity contribution in [1.82, 2.24) is 45.6 Å². The Balaban J connectivity index is 1.29. The minimum atomic E-state index is -0.687. The molecule has 0 radical (unpaired) electrons. The summed E-state index contributed by atoms with van der Waals surface area (Å²) in [7, 11) is 5.41. The maximum atomic E-state index is 13.6. The van der Waals surface area contributed by atoms with Gasteiger partial charge < -0.3 is 24.8 Å². The molecule has 2 amide bonds. The Hall–Kier alpha value is -4.87. The minimum absolute atomic E-state index is 0.149. The molecule has 8 N–H and O–H groups in total. The van der Waals surface area contributed by atoms with Crippen LogP contribution in [0.15, 0.2) is 48.8 Å². The summed E-state index contributed by atoms with van der Waals surface area (Å²) in [6.45, 7) is 2.83. The Morgan fingerprint density at radius 3 is 2.54 bits per heavy atom. The van der Waals surface area contributed by atoms with E-state index in [2.05, 4.69) is 30.9 Å². The van der Waals surface area contributed by atoms with E-state index < -0.39 is 18.0 Å². The topological polar surface area (TPSA) is 207 Å². The number of carbonyl (C=O) groups is 3. The van der Waals surface area contributed by atoms with Gasteiger partial charge in [-0.3, -0.25) is 35.2 Å². The number of Topliss-reactive ketones (excluding diaryl/α,β-unsaturated/α-hetero) is 1. The van der Waals surface area contributed by atoms with E-state index in [0.717, 1.165) is 18.7 Å². The first-order chi connectivity index (χ1) is 22.2. The van der Waals surface area contributed by atoms with Crippen molar-refractivity contribution in [2.45, 2.75) is 12.7 Å². The molecule has 4 aromatic rings. The van der Waals surface area contributed by atoms with Crippen LogP contribution >= 0.6 is 0 Å². The lowest BCUT2D eigenvalue weighted by Gasteiger charge is -2.42. The maximum Gasteiger partial charge on any atom is 0.295 e. The van der Waals surface area contributed by atoms with Gasteiger partial charge in [-0.25, -0.2) is 16.3 Å². The zero-order valence-corrected chi connectivity index (χ0v) is 26.1. The third-order valence-electron chi connectivity index (χ3n) is 7.88. The molecule has 1 aliphatic rings. The fourth-order valence-electron chi connectivity index (χ4n) is 5.43. The highest BCUT2D eigenvalue weighted by Gasteiger charge is 2.33. The smallest absolute Gasteiger partial charge is 0.295 e. The average Bonchev–Trinajstić information content (AvgIpc) is 3.75. The Bertz CT molecular complexity index is 1660. The Kier molecular flexibility index (Phi) is 10.2. The van der Waals surface area contributed by atoms with Crippen LogP contribution in [-0.2, 0) is 4.79 Å². The van der Waals surface area contributed by atoms with Crippen molar-refractivity contribution in [3.8, 4) is 17.1 Å². The second-order valence-electron chi connectivity index (χ2n) is 11.1. The van der Waals surface area contributed by atoms with Crippen molar-refractivity contribution in [2.24, 2.45) is 11.7 Å². The van der Waals surface area contributed by atoms with Gasteiger partial charge in [0, 0.05) is 38.9 Å². The molecule has 244 valence electrons. The van der Waals surface area contributed by atoms with Gasteiger partial charge in [-0.2, -0.15) is 5.10 Å². The number of hydrazine groups is 2. The predicted molar refractivity (Wildman–Crippen MR) is 172 cm³/mol. The minimum Gasteiger partial charge on any atom is -0.494 e. The molecule has 16 nitrogen and oxygen atoms in total. The standard InChI is InChI=1S/C30H40N12O4/c1-39(2)11-7-10-33-28(44)22-16-21(37-38-22)25-26-24(23(46-3)18-35-25)20(17-34-26)27(43)29(45)40-12-14-41(15-13-40)30(36-31)42(32)19-8-5-4-6-9-19/h4-6,8-9,16-18,30,34,36H,7,10-15,31-32H2,1-3H3,(H,33,44)(H,37,38). The third kappa shape index (κ3) is 6.85. The molecule has 1 aliphatic heterocycles. The number of aromatic amines is 2. The highest BCUT2D eigenvalue weighted by Crippen LogP contribution is 2.34. The molecule has 1 unspecified atom stereocenters. The van der Waals surface area contributed by atoms with Gasteiger partial charge in [-0.05, 0) is 45.3 Å². The van der Waals surface area contributed by atoms with Crippen LogP contribution in [0.5, 0.6) is 5.75 Å². The number of anilines is 1. The summed E-state index contributed by atoms with van der Waals surface area (Å²) in [5, 5.41) is 11.8. The fourth-order valence-corrected chi connectivity index (χ4v) is 5.43. The molecule has 1 atom stereocenters. The summed E-state index contributed by atoms with van der Waals surface area (Å²) < 4.78 is 5.52. The molecule has 5 rings (SSSR count). The van der Waals surface area contributed by atoms with E-state index in [9.17, 15) is 14.4 Å². The molecule has 0 bridgehead atoms. The average molecular weight is 633 g/mol. The van der Waals surface area contributed by atoms with Crippen LogP contribution in [0.3, 0.4) is 0 Å². The molecule has 1 saturated heterocycles. The first-order valence-corrected chi connectivity index (χ1v) is 14.9. The van der Waals surface area contributed by atoms with Crippen molar-refractivity contribution in [2.75, 3.05) is 65.5 Å². The van der Waals surface area contributed by atoms with E-state index in [1.165, 1.54) is 29.4 Å². The van der Waals surface area contributed by atoms with Crippen LogP contribution in [0.4, 0.5) is 5.69 Å². The van der Waals surface area contributed by atoms with E-state index in [1.54, 1.807) is 6.07 Å². The summed E-state index contributed by atoms with van der Waals surface area (Å²) in [6, 6.07) is 11.0. The molecule has 4 heterocycles. The summed E-state index contributed by atoms with van der Waals surface area (Å²) in [6.07, 6.45) is 3.23. The highest BCUT2D eigenvalue weighted by atomic mass is 16.5. The first kappa shape index (κ1) is 32.5. The van der Waals surface area contributed by atoms with Crippen molar-refractivity contribution in [3.63, 3.8) is 0 Å². The SMILES string of the molecule is COc1cnc(-c2cc(C(=O)NCCCN(C)C)[nH]n2)c2[nH]cc(C(=O)C(=O)N3CCN(C(NN)N(N)c4ccccc4)CC3)c12. The van der Waals surface area contributed by atoms with Crippen molar-refractivity contribution < 1.29 is 19.1 Å². The second kappa shape index (κ2) is 14.5. The second-order valence-corrected chi connectivity index (χ2v) is 11.1. The van der Waals surface area contributed by atoms with Gasteiger partial charge in [0.15, 0.2) is 6.29 Å². The van der Waals surface area contributed by atoms with Gasteiger partial charge in [0.2, 0.25) is 0 Å². The Morgan fingerprint density at radius 1 is 1.13 bits per heavy atom. The monoisotopic (exact) mass is 632 g/mol. The molecule has 0 spiro atoms. The van der Waals surface area contributed by atoms with Crippen LogP contribution in [0.1, 0.15) is 27.3 Å². The van der Waals surface area contributed by atoms with Crippen LogP contribution in [0, 0.1) is 0 Å². The quantitative estimate of drug-likeness (QED) is 0.0290. The number of amides is 2. The molecular weight excluding hydrogens is 592 g/mol. The van der Waals surface area contributed by atoms with Gasteiger partial charge in [-0.15, -0.1) is 0 Å². The largest absolute Gasteiger partial charge is 0.494 e. The van der Waals surface area contributed by atoms with Gasteiger partial charge in [0.1, 0.15) is 22.8 Å². The van der Waals surface area contributed by atoms with Crippen molar-refractivity contribution in [1.29, 1.82) is 0 Å². The number of piperazine rings is 1. The number of carbonyl (C=O) groups excluding carboxylic acids is 3. The lowest BCUT2D eigenvalue weighted by atomic mass is 10.1. The number of nitrogens with zero attached hydrogens (tertiary/aromatic N) is 6. The number of H-pyrrole nitrogens is 2. The van der Waals surface area contributed by atoms with Gasteiger partial charge in [0.25, 0.3) is 17.6 Å². The van der Waals surface area contributed by atoms with E-state index in [-0.39, 0.29) is 17.2 Å². The summed E-state index contributed by atoms with van der Waals surface area (Å²) in [4.78, 5) is 52.8. The number of aromatic nitrogens is 4. The Labute approximate surface area is 266 Å². The highest BCUT2D eigenvalue weighted by molar-refractivity contribution is 6.45. The van der Waals surface area contributed by atoms with Gasteiger partial charge in [0.05, 0.1) is 35.5 Å². The lowest BCUT2D eigenvalue weighted by molar-refractivity contribution is -0.128. The van der Waals surface area contributed by atoms with Crippen LogP contribution in [0.25, 0.3) is 22.3 Å². The van der Waals surface area contributed by atoms with Crippen LogP contribution < -0.4 is 32.2 Å². The molecule has 0 aliphatic carbocycles. The zero-order valence-electron chi connectivity index (χ0n) is 26.1. The number of nitrogens with two attached hydrogens (primary N) is 2. The summed E-state index contributed by atoms with van der Waals surface area (Å²) in [5.41, 5.74) is 5.16. The molecular formula is C30H40N12O4. The maximum absolute atomic E-state index is 13.6. The van der Waals surface area contributed by atoms with E-state index in [4.69, 9.17) is 16.4 Å². The number of pyridine rings is 1. The van der Waals surface area contributed by atoms with Crippen molar-refractivity contribution in [3.05, 3.63) is 60.0 Å². The Morgan fingerprint density at radius 2 is 1.87 bits per heavy atom. The number of nitrogens with one attached hydrogen (secondary N) is 4. The van der Waals surface area contributed by atoms with Gasteiger partial charge in [-0.1, -0.05) is 18.2 Å². The molecule has 46 heavy (non-hydrogen) atoms. The number of hydrogen-bond acceptors (Lipinski definition) is 12. The van der Waals surface area contributed by atoms with Crippen LogP contribution in [-0.4, -0.2) is 119 Å². The number of fused-ring (bicyclic) bond motifs is 1. The number of ketones is 1. The summed E-state index contributed by atoms with van der Waals surface area (Å²) in [5.74, 6) is 10.9. The number of para-hydroxylation sites is 1. The normalized spacial score (nSPS) is 14.4. The van der Waals surface area contributed by atoms with E-state index in [1.807, 2.05) is 54.2 Å². The van der Waals surface area contributed by atoms with Gasteiger partial charge >= 0.3 is 0 Å². The van der Waals surface area contributed by atoms with E-state index in [0.29, 0.717) is 60.8 Å². The molecule has 3 aromatic heterocycles. The zero-order chi connectivity index (χ0) is 32.8. The first-order valence-electron chi connectivity index (χ1n) is 14.9. The number of methoxy groups -OCH3 is 1. The molecule has 16 heteroatoms. The number of benzene rings is 1. The molecule has 1 aromatic carbocycles. The van der Waals surface area contributed by atoms with E-state index >= 15 is 0 Å².